The quantitative estimate of drug-likeness (QED) is 0.878. The molecule has 2 rings (SSSR count). The summed E-state index contributed by atoms with van der Waals surface area (Å²) in [6, 6.07) is 8.37. The second-order valence-corrected chi connectivity index (χ2v) is 4.33. The van der Waals surface area contributed by atoms with Gasteiger partial charge in [-0.3, -0.25) is 0 Å². The maximum atomic E-state index is 5.23. The first-order valence-electron chi connectivity index (χ1n) is 6.04. The van der Waals surface area contributed by atoms with Crippen molar-refractivity contribution in [3.05, 3.63) is 48.0 Å². The van der Waals surface area contributed by atoms with E-state index in [4.69, 9.17) is 4.74 Å². The highest BCUT2D eigenvalue weighted by Gasteiger charge is 2.07. The largest absolute Gasteiger partial charge is 0.497 e. The molecule has 0 saturated heterocycles. The van der Waals surface area contributed by atoms with Crippen LogP contribution < -0.4 is 10.1 Å². The van der Waals surface area contributed by atoms with Crippen LogP contribution in [0.4, 0.5) is 0 Å². The standard InChI is InChI=1S/C14H19N3O/c1-11(12-5-4-6-13(9-12)18-3)16-10-14-15-7-8-17(14)2/h4-9,11,16H,10H2,1-3H3. The van der Waals surface area contributed by atoms with Crippen molar-refractivity contribution in [3.8, 4) is 5.75 Å². The summed E-state index contributed by atoms with van der Waals surface area (Å²) >= 11 is 0. The van der Waals surface area contributed by atoms with Gasteiger partial charge in [0, 0.05) is 25.5 Å². The Morgan fingerprint density at radius 1 is 1.44 bits per heavy atom. The van der Waals surface area contributed by atoms with E-state index >= 15 is 0 Å². The molecule has 1 aromatic heterocycles. The predicted molar refractivity (Wildman–Crippen MR) is 71.5 cm³/mol. The number of aromatic nitrogens is 2. The van der Waals surface area contributed by atoms with Gasteiger partial charge in [0.2, 0.25) is 0 Å². The fourth-order valence-electron chi connectivity index (χ4n) is 1.84. The Balaban J connectivity index is 1.99. The summed E-state index contributed by atoms with van der Waals surface area (Å²) in [5.41, 5.74) is 1.21. The summed E-state index contributed by atoms with van der Waals surface area (Å²) in [7, 11) is 3.69. The third-order valence-corrected chi connectivity index (χ3v) is 3.08. The van der Waals surface area contributed by atoms with Crippen LogP contribution in [0.15, 0.2) is 36.7 Å². The summed E-state index contributed by atoms with van der Waals surface area (Å²) in [6.07, 6.45) is 3.76. The minimum atomic E-state index is 0.261. The Bertz CT molecular complexity index is 507. The average molecular weight is 245 g/mol. The van der Waals surface area contributed by atoms with Gasteiger partial charge in [-0.2, -0.15) is 0 Å². The van der Waals surface area contributed by atoms with Gasteiger partial charge in [-0.05, 0) is 24.6 Å². The van der Waals surface area contributed by atoms with Gasteiger partial charge in [-0.25, -0.2) is 4.98 Å². The van der Waals surface area contributed by atoms with Gasteiger partial charge in [0.05, 0.1) is 13.7 Å². The molecule has 1 unspecified atom stereocenters. The molecular weight excluding hydrogens is 226 g/mol. The van der Waals surface area contributed by atoms with E-state index in [0.717, 1.165) is 18.1 Å². The van der Waals surface area contributed by atoms with Crippen molar-refractivity contribution in [2.45, 2.75) is 19.5 Å². The summed E-state index contributed by atoms with van der Waals surface area (Å²) < 4.78 is 7.25. The predicted octanol–water partition coefficient (Wildman–Crippen LogP) is 2.28. The van der Waals surface area contributed by atoms with E-state index in [1.54, 1.807) is 7.11 Å². The molecule has 4 heteroatoms. The first-order valence-corrected chi connectivity index (χ1v) is 6.04. The molecule has 0 aliphatic carbocycles. The van der Waals surface area contributed by atoms with Gasteiger partial charge in [0.1, 0.15) is 11.6 Å². The topological polar surface area (TPSA) is 39.1 Å². The Morgan fingerprint density at radius 2 is 2.28 bits per heavy atom. The number of nitrogens with one attached hydrogen (secondary N) is 1. The fourth-order valence-corrected chi connectivity index (χ4v) is 1.84. The van der Waals surface area contributed by atoms with Gasteiger partial charge >= 0.3 is 0 Å². The van der Waals surface area contributed by atoms with Crippen molar-refractivity contribution in [1.82, 2.24) is 14.9 Å². The minimum absolute atomic E-state index is 0.261. The number of benzene rings is 1. The molecule has 96 valence electrons. The zero-order valence-electron chi connectivity index (χ0n) is 11.1. The van der Waals surface area contributed by atoms with Crippen LogP contribution in [0.5, 0.6) is 5.75 Å². The normalized spacial score (nSPS) is 12.4. The summed E-state index contributed by atoms with van der Waals surface area (Å²) in [5.74, 6) is 1.92. The van der Waals surface area contributed by atoms with Crippen LogP contribution >= 0.6 is 0 Å². The monoisotopic (exact) mass is 245 g/mol. The second-order valence-electron chi connectivity index (χ2n) is 4.33. The molecule has 1 atom stereocenters. The Kier molecular flexibility index (Phi) is 3.99. The van der Waals surface area contributed by atoms with E-state index < -0.39 is 0 Å². The first-order chi connectivity index (χ1) is 8.70. The van der Waals surface area contributed by atoms with Crippen LogP contribution in [0.3, 0.4) is 0 Å². The van der Waals surface area contributed by atoms with Crippen LogP contribution in [0.2, 0.25) is 0 Å². The number of nitrogens with zero attached hydrogens (tertiary/aromatic N) is 2. The van der Waals surface area contributed by atoms with Gasteiger partial charge in [-0.1, -0.05) is 12.1 Å². The second kappa shape index (κ2) is 5.69. The Labute approximate surface area is 108 Å². The van der Waals surface area contributed by atoms with Gasteiger partial charge in [0.15, 0.2) is 0 Å². The molecule has 0 spiro atoms. The maximum absolute atomic E-state index is 5.23. The van der Waals surface area contributed by atoms with E-state index in [-0.39, 0.29) is 6.04 Å². The molecule has 1 heterocycles. The highest BCUT2D eigenvalue weighted by molar-refractivity contribution is 5.30. The number of ether oxygens (including phenoxy) is 1. The Hall–Kier alpha value is -1.81. The molecule has 1 N–H and O–H groups in total. The molecule has 0 aliphatic rings. The van der Waals surface area contributed by atoms with E-state index in [0.29, 0.717) is 0 Å². The third-order valence-electron chi connectivity index (χ3n) is 3.08. The highest BCUT2D eigenvalue weighted by Crippen LogP contribution is 2.18. The van der Waals surface area contributed by atoms with Crippen molar-refractivity contribution in [3.63, 3.8) is 0 Å². The van der Waals surface area contributed by atoms with Gasteiger partial charge in [0.25, 0.3) is 0 Å². The summed E-state index contributed by atoms with van der Waals surface area (Å²) in [4.78, 5) is 4.29. The van der Waals surface area contributed by atoms with Crippen molar-refractivity contribution in [2.24, 2.45) is 7.05 Å². The lowest BCUT2D eigenvalue weighted by Crippen LogP contribution is -2.20. The lowest BCUT2D eigenvalue weighted by molar-refractivity contribution is 0.413. The van der Waals surface area contributed by atoms with Crippen LogP contribution in [-0.2, 0) is 13.6 Å². The average Bonchev–Trinajstić information content (AvgIpc) is 2.81. The lowest BCUT2D eigenvalue weighted by Gasteiger charge is -2.15. The SMILES string of the molecule is COc1cccc(C(C)NCc2nccn2C)c1. The zero-order chi connectivity index (χ0) is 13.0. The summed E-state index contributed by atoms with van der Waals surface area (Å²) in [6.45, 7) is 2.89. The Morgan fingerprint density at radius 3 is 2.94 bits per heavy atom. The third kappa shape index (κ3) is 2.90. The van der Waals surface area contributed by atoms with E-state index in [9.17, 15) is 0 Å². The van der Waals surface area contributed by atoms with Gasteiger partial charge in [-0.15, -0.1) is 0 Å². The number of aryl methyl sites for hydroxylation is 1. The van der Waals surface area contributed by atoms with Gasteiger partial charge < -0.3 is 14.6 Å². The van der Waals surface area contributed by atoms with Crippen LogP contribution in [0, 0.1) is 0 Å². The molecule has 4 nitrogen and oxygen atoms in total. The summed E-state index contributed by atoms with van der Waals surface area (Å²) in [5, 5.41) is 3.45. The van der Waals surface area contributed by atoms with Crippen LogP contribution in [0.1, 0.15) is 24.4 Å². The van der Waals surface area contributed by atoms with Crippen molar-refractivity contribution in [1.29, 1.82) is 0 Å². The van der Waals surface area contributed by atoms with Crippen LogP contribution in [-0.4, -0.2) is 16.7 Å². The molecule has 0 radical (unpaired) electrons. The molecule has 0 bridgehead atoms. The molecule has 0 aliphatic heterocycles. The van der Waals surface area contributed by atoms with E-state index in [1.165, 1.54) is 5.56 Å². The van der Waals surface area contributed by atoms with Crippen molar-refractivity contribution < 1.29 is 4.74 Å². The molecule has 18 heavy (non-hydrogen) atoms. The highest BCUT2D eigenvalue weighted by atomic mass is 16.5. The number of imidazole rings is 1. The maximum Gasteiger partial charge on any atom is 0.122 e. The number of hydrogen-bond donors (Lipinski definition) is 1. The molecule has 0 fully saturated rings. The molecule has 0 amide bonds. The van der Waals surface area contributed by atoms with E-state index in [2.05, 4.69) is 29.4 Å². The minimum Gasteiger partial charge on any atom is -0.497 e. The van der Waals surface area contributed by atoms with Crippen LogP contribution in [0.25, 0.3) is 0 Å². The molecule has 1 aromatic carbocycles. The van der Waals surface area contributed by atoms with E-state index in [1.807, 2.05) is 36.1 Å². The zero-order valence-corrected chi connectivity index (χ0v) is 11.1. The van der Waals surface area contributed by atoms with Crippen molar-refractivity contribution in [2.75, 3.05) is 7.11 Å². The molecule has 0 saturated carbocycles. The van der Waals surface area contributed by atoms with Crippen molar-refractivity contribution >= 4 is 0 Å². The molecular formula is C14H19N3O. The lowest BCUT2D eigenvalue weighted by atomic mass is 10.1. The fraction of sp³-hybridized carbons (Fsp3) is 0.357. The first kappa shape index (κ1) is 12.6. The number of hydrogen-bond acceptors (Lipinski definition) is 3. The smallest absolute Gasteiger partial charge is 0.122 e. The number of rotatable bonds is 5. The molecule has 2 aromatic rings. The number of methoxy groups -OCH3 is 1.